The van der Waals surface area contributed by atoms with E-state index in [0.717, 1.165) is 26.4 Å². The van der Waals surface area contributed by atoms with Gasteiger partial charge in [0, 0.05) is 0 Å². The van der Waals surface area contributed by atoms with Crippen LogP contribution in [0.1, 0.15) is 99.3 Å². The number of ether oxygens (including phenoxy) is 1. The SMILES string of the molecule is CCCCCCCCCC[C@@H](C)[C@@H](O)[C@@H](C)C(=O)N[C@H](C(=O)N[C@H](C(=O)N[C@@H](CO)C(=O)OC)[C@@H](C)O)C(C)C. The zero-order valence-corrected chi connectivity index (χ0v) is 25.6. The monoisotopic (exact) mass is 573 g/mol. The summed E-state index contributed by atoms with van der Waals surface area (Å²) in [6, 6.07) is -3.88. The number of carbonyl (C=O) groups is 4. The Bertz CT molecular complexity index is 762. The summed E-state index contributed by atoms with van der Waals surface area (Å²) in [5.74, 6) is -4.22. The molecule has 0 aliphatic rings. The van der Waals surface area contributed by atoms with Crippen molar-refractivity contribution in [3.8, 4) is 0 Å². The van der Waals surface area contributed by atoms with Crippen LogP contribution in [0.4, 0.5) is 0 Å². The van der Waals surface area contributed by atoms with Crippen LogP contribution in [-0.2, 0) is 23.9 Å². The summed E-state index contributed by atoms with van der Waals surface area (Å²) in [6.07, 6.45) is 8.08. The normalized spacial score (nSPS) is 16.7. The Hall–Kier alpha value is -2.24. The maximum Gasteiger partial charge on any atom is 0.330 e. The second-order valence-electron chi connectivity index (χ2n) is 11.2. The molecule has 3 amide bonds. The first kappa shape index (κ1) is 37.8. The van der Waals surface area contributed by atoms with Crippen molar-refractivity contribution >= 4 is 23.7 Å². The Kier molecular flexibility index (Phi) is 19.5. The molecule has 6 N–H and O–H groups in total. The Morgan fingerprint density at radius 2 is 1.23 bits per heavy atom. The summed E-state index contributed by atoms with van der Waals surface area (Å²) in [4.78, 5) is 50.4. The molecule has 0 aliphatic carbocycles. The smallest absolute Gasteiger partial charge is 0.330 e. The zero-order valence-electron chi connectivity index (χ0n) is 25.6. The lowest BCUT2D eigenvalue weighted by Crippen LogP contribution is -2.60. The summed E-state index contributed by atoms with van der Waals surface area (Å²) in [5, 5.41) is 37.6. The van der Waals surface area contributed by atoms with Gasteiger partial charge in [-0.2, -0.15) is 0 Å². The topological polar surface area (TPSA) is 174 Å². The summed E-state index contributed by atoms with van der Waals surface area (Å²) in [5.41, 5.74) is 0. The van der Waals surface area contributed by atoms with Crippen molar-refractivity contribution in [1.29, 1.82) is 0 Å². The molecule has 0 bridgehead atoms. The Morgan fingerprint density at radius 3 is 1.70 bits per heavy atom. The summed E-state index contributed by atoms with van der Waals surface area (Å²) >= 11 is 0. The van der Waals surface area contributed by atoms with Gasteiger partial charge in [0.1, 0.15) is 12.1 Å². The number of amides is 3. The van der Waals surface area contributed by atoms with Crippen LogP contribution in [-0.4, -0.2) is 83.1 Å². The van der Waals surface area contributed by atoms with E-state index >= 15 is 0 Å². The molecule has 0 fully saturated rings. The number of nitrogens with one attached hydrogen (secondary N) is 3. The molecule has 234 valence electrons. The highest BCUT2D eigenvalue weighted by atomic mass is 16.5. The summed E-state index contributed by atoms with van der Waals surface area (Å²) in [6.45, 7) is 9.72. The molecule has 0 aromatic heterocycles. The van der Waals surface area contributed by atoms with Crippen molar-refractivity contribution in [2.24, 2.45) is 17.8 Å². The van der Waals surface area contributed by atoms with Crippen LogP contribution in [0.3, 0.4) is 0 Å². The standard InChI is InChI=1S/C29H55N3O8/c1-8-9-10-11-12-13-14-15-16-19(4)25(35)20(5)26(36)31-23(18(2)3)27(37)32-24(21(6)34)28(38)30-22(17-33)29(39)40-7/h18-25,33-35H,8-17H2,1-7H3,(H,30,38)(H,31,36)(H,32,37)/t19-,20-,21-,22+,23+,24+,25-/m1/s1. The fourth-order valence-electron chi connectivity index (χ4n) is 4.47. The van der Waals surface area contributed by atoms with Crippen LogP contribution >= 0.6 is 0 Å². The lowest BCUT2D eigenvalue weighted by Gasteiger charge is -2.29. The first-order valence-corrected chi connectivity index (χ1v) is 14.8. The quantitative estimate of drug-likeness (QED) is 0.0890. The van der Waals surface area contributed by atoms with Gasteiger partial charge < -0.3 is 36.0 Å². The number of aliphatic hydroxyl groups excluding tert-OH is 3. The van der Waals surface area contributed by atoms with E-state index < -0.39 is 66.5 Å². The van der Waals surface area contributed by atoms with E-state index in [2.05, 4.69) is 27.6 Å². The Morgan fingerprint density at radius 1 is 0.725 bits per heavy atom. The van der Waals surface area contributed by atoms with Gasteiger partial charge in [-0.25, -0.2) is 4.79 Å². The average molecular weight is 574 g/mol. The summed E-state index contributed by atoms with van der Waals surface area (Å²) in [7, 11) is 1.09. The van der Waals surface area contributed by atoms with Crippen LogP contribution in [0.5, 0.6) is 0 Å². The van der Waals surface area contributed by atoms with Gasteiger partial charge in [-0.05, 0) is 25.2 Å². The van der Waals surface area contributed by atoms with Crippen molar-refractivity contribution in [3.05, 3.63) is 0 Å². The van der Waals surface area contributed by atoms with E-state index in [-0.39, 0.29) is 11.8 Å². The number of aliphatic hydroxyl groups is 3. The number of carbonyl (C=O) groups excluding carboxylic acids is 4. The molecule has 40 heavy (non-hydrogen) atoms. The second-order valence-corrected chi connectivity index (χ2v) is 11.2. The molecule has 0 aliphatic heterocycles. The van der Waals surface area contributed by atoms with Gasteiger partial charge in [0.15, 0.2) is 6.04 Å². The van der Waals surface area contributed by atoms with Gasteiger partial charge >= 0.3 is 5.97 Å². The molecule has 0 radical (unpaired) electrons. The van der Waals surface area contributed by atoms with Gasteiger partial charge in [-0.3, -0.25) is 14.4 Å². The van der Waals surface area contributed by atoms with Crippen LogP contribution < -0.4 is 16.0 Å². The highest BCUT2D eigenvalue weighted by Gasteiger charge is 2.35. The lowest BCUT2D eigenvalue weighted by atomic mass is 9.88. The van der Waals surface area contributed by atoms with E-state index in [1.165, 1.54) is 45.4 Å². The van der Waals surface area contributed by atoms with E-state index in [9.17, 15) is 34.5 Å². The van der Waals surface area contributed by atoms with E-state index in [1.807, 2.05) is 6.92 Å². The van der Waals surface area contributed by atoms with Gasteiger partial charge in [0.2, 0.25) is 17.7 Å². The van der Waals surface area contributed by atoms with Crippen LogP contribution in [0.2, 0.25) is 0 Å². The van der Waals surface area contributed by atoms with Crippen LogP contribution in [0.25, 0.3) is 0 Å². The zero-order chi connectivity index (χ0) is 30.8. The predicted molar refractivity (Wildman–Crippen MR) is 153 cm³/mol. The molecule has 7 atom stereocenters. The molecule has 0 spiro atoms. The molecule has 0 aromatic rings. The minimum Gasteiger partial charge on any atom is -0.467 e. The minimum absolute atomic E-state index is 0.0928. The number of hydrogen-bond acceptors (Lipinski definition) is 8. The molecular weight excluding hydrogens is 518 g/mol. The second kappa shape index (κ2) is 20.6. The maximum absolute atomic E-state index is 13.1. The summed E-state index contributed by atoms with van der Waals surface area (Å²) < 4.78 is 4.51. The third-order valence-corrected chi connectivity index (χ3v) is 7.32. The van der Waals surface area contributed by atoms with Gasteiger partial charge in [-0.1, -0.05) is 86.0 Å². The number of unbranched alkanes of at least 4 members (excludes halogenated alkanes) is 7. The Balaban J connectivity index is 5.05. The van der Waals surface area contributed by atoms with Crippen LogP contribution in [0.15, 0.2) is 0 Å². The average Bonchev–Trinajstić information content (AvgIpc) is 2.92. The highest BCUT2D eigenvalue weighted by molar-refractivity contribution is 5.94. The predicted octanol–water partition coefficient (Wildman–Crippen LogP) is 1.81. The largest absolute Gasteiger partial charge is 0.467 e. The molecule has 11 heteroatoms. The minimum atomic E-state index is -1.46. The molecule has 0 aromatic carbocycles. The van der Waals surface area contributed by atoms with Gasteiger partial charge in [0.25, 0.3) is 0 Å². The Labute approximate surface area is 240 Å². The maximum atomic E-state index is 13.1. The fraction of sp³-hybridized carbons (Fsp3) is 0.862. The number of esters is 1. The molecular formula is C29H55N3O8. The van der Waals surface area contributed by atoms with Gasteiger partial charge in [0.05, 0.1) is 31.8 Å². The van der Waals surface area contributed by atoms with E-state index in [1.54, 1.807) is 20.8 Å². The third kappa shape index (κ3) is 13.9. The molecule has 0 heterocycles. The van der Waals surface area contributed by atoms with Crippen molar-refractivity contribution in [2.75, 3.05) is 13.7 Å². The lowest BCUT2D eigenvalue weighted by molar-refractivity contribution is -0.147. The first-order chi connectivity index (χ1) is 18.8. The van der Waals surface area contributed by atoms with Crippen molar-refractivity contribution in [1.82, 2.24) is 16.0 Å². The molecule has 11 nitrogen and oxygen atoms in total. The van der Waals surface area contributed by atoms with E-state index in [0.29, 0.717) is 0 Å². The molecule has 0 unspecified atom stereocenters. The van der Waals surface area contributed by atoms with Gasteiger partial charge in [-0.15, -0.1) is 0 Å². The molecule has 0 rings (SSSR count). The number of methoxy groups -OCH3 is 1. The third-order valence-electron chi connectivity index (χ3n) is 7.32. The fourth-order valence-corrected chi connectivity index (χ4v) is 4.47. The van der Waals surface area contributed by atoms with Crippen molar-refractivity contribution in [2.45, 2.75) is 130 Å². The number of rotatable bonds is 21. The highest BCUT2D eigenvalue weighted by Crippen LogP contribution is 2.21. The molecule has 0 saturated carbocycles. The molecule has 0 saturated heterocycles. The van der Waals surface area contributed by atoms with E-state index in [4.69, 9.17) is 0 Å². The van der Waals surface area contributed by atoms with Crippen LogP contribution in [0, 0.1) is 17.8 Å². The first-order valence-electron chi connectivity index (χ1n) is 14.8. The van der Waals surface area contributed by atoms with Crippen molar-refractivity contribution in [3.63, 3.8) is 0 Å². The number of hydrogen-bond donors (Lipinski definition) is 6. The van der Waals surface area contributed by atoms with Crippen molar-refractivity contribution < 1.29 is 39.2 Å².